The van der Waals surface area contributed by atoms with Crippen molar-refractivity contribution in [3.63, 3.8) is 0 Å². The minimum Gasteiger partial charge on any atom is -0.490 e. The third kappa shape index (κ3) is 5.61. The number of hydroxylamine groups is 1. The summed E-state index contributed by atoms with van der Waals surface area (Å²) in [6, 6.07) is 8.72. The molecule has 2 aromatic rings. The van der Waals surface area contributed by atoms with Crippen LogP contribution in [0.25, 0.3) is 0 Å². The summed E-state index contributed by atoms with van der Waals surface area (Å²) in [4.78, 5) is 28.6. The summed E-state index contributed by atoms with van der Waals surface area (Å²) in [5.41, 5.74) is 1.17. The standard InChI is InChI=1S/C19H17F3N2O5/c20-19(21,22)13-4-1-3-12(9-13)18(26)24-29-11-17(25)23-14-5-6-15-16(10-14)28-8-2-7-27-15/h1,3-6,9-10H,2,7-8,11H2,(H,23,25)(H,24,26). The maximum Gasteiger partial charge on any atom is 0.416 e. The number of ether oxygens (including phenoxy) is 2. The molecule has 10 heteroatoms. The molecule has 1 aliphatic heterocycles. The molecule has 1 heterocycles. The Bertz CT molecular complexity index is 902. The topological polar surface area (TPSA) is 85.9 Å². The fourth-order valence-corrected chi connectivity index (χ4v) is 2.50. The van der Waals surface area contributed by atoms with Crippen molar-refractivity contribution in [2.45, 2.75) is 12.6 Å². The fraction of sp³-hybridized carbons (Fsp3) is 0.263. The van der Waals surface area contributed by atoms with E-state index in [4.69, 9.17) is 14.3 Å². The van der Waals surface area contributed by atoms with Crippen LogP contribution in [0.15, 0.2) is 42.5 Å². The second kappa shape index (κ2) is 8.82. The van der Waals surface area contributed by atoms with Crippen molar-refractivity contribution in [1.29, 1.82) is 0 Å². The lowest BCUT2D eigenvalue weighted by atomic mass is 10.1. The van der Waals surface area contributed by atoms with Crippen molar-refractivity contribution in [1.82, 2.24) is 5.48 Å². The van der Waals surface area contributed by atoms with Crippen molar-refractivity contribution in [3.8, 4) is 11.5 Å². The number of anilines is 1. The van der Waals surface area contributed by atoms with Gasteiger partial charge in [-0.15, -0.1) is 0 Å². The number of hydrogen-bond acceptors (Lipinski definition) is 5. The van der Waals surface area contributed by atoms with Gasteiger partial charge >= 0.3 is 6.18 Å². The molecule has 2 amide bonds. The maximum absolute atomic E-state index is 12.7. The zero-order chi connectivity index (χ0) is 20.9. The van der Waals surface area contributed by atoms with Crippen molar-refractivity contribution in [2.75, 3.05) is 25.1 Å². The monoisotopic (exact) mass is 410 g/mol. The van der Waals surface area contributed by atoms with Crippen LogP contribution in [0.1, 0.15) is 22.3 Å². The second-order valence-electron chi connectivity index (χ2n) is 6.06. The van der Waals surface area contributed by atoms with E-state index >= 15 is 0 Å². The van der Waals surface area contributed by atoms with Crippen LogP contribution in [0.2, 0.25) is 0 Å². The van der Waals surface area contributed by atoms with Crippen molar-refractivity contribution < 1.29 is 37.1 Å². The largest absolute Gasteiger partial charge is 0.490 e. The summed E-state index contributed by atoms with van der Waals surface area (Å²) in [6.07, 6.45) is -3.82. The van der Waals surface area contributed by atoms with Gasteiger partial charge in [0, 0.05) is 23.7 Å². The molecule has 0 aliphatic carbocycles. The number of amides is 2. The molecule has 0 saturated heterocycles. The average molecular weight is 410 g/mol. The molecule has 1 aliphatic rings. The van der Waals surface area contributed by atoms with E-state index in [2.05, 4.69) is 5.32 Å². The molecule has 0 atom stereocenters. The number of carbonyl (C=O) groups excluding carboxylic acids is 2. The van der Waals surface area contributed by atoms with E-state index in [1.165, 1.54) is 6.07 Å². The Labute approximate surface area is 163 Å². The molecule has 2 aromatic carbocycles. The number of carbonyl (C=O) groups is 2. The van der Waals surface area contributed by atoms with Crippen LogP contribution in [-0.2, 0) is 15.8 Å². The highest BCUT2D eigenvalue weighted by Crippen LogP contribution is 2.32. The van der Waals surface area contributed by atoms with Gasteiger partial charge in [0.15, 0.2) is 18.1 Å². The number of benzene rings is 2. The summed E-state index contributed by atoms with van der Waals surface area (Å²) in [5, 5.41) is 2.56. The van der Waals surface area contributed by atoms with Gasteiger partial charge in [0.1, 0.15) is 0 Å². The van der Waals surface area contributed by atoms with Crippen LogP contribution < -0.4 is 20.3 Å². The Morgan fingerprint density at radius 1 is 1.03 bits per heavy atom. The van der Waals surface area contributed by atoms with Crippen LogP contribution in [0, 0.1) is 0 Å². The van der Waals surface area contributed by atoms with E-state index in [0.29, 0.717) is 36.5 Å². The molecule has 0 aromatic heterocycles. The SMILES string of the molecule is O=C(CONC(=O)c1cccc(C(F)(F)F)c1)Nc1ccc2c(c1)OCCCO2. The number of fused-ring (bicyclic) bond motifs is 1. The van der Waals surface area contributed by atoms with Crippen LogP contribution >= 0.6 is 0 Å². The summed E-state index contributed by atoms with van der Waals surface area (Å²) >= 11 is 0. The minimum atomic E-state index is -4.57. The van der Waals surface area contributed by atoms with Gasteiger partial charge in [-0.3, -0.25) is 14.4 Å². The first-order chi connectivity index (χ1) is 13.8. The molecule has 0 fully saturated rings. The van der Waals surface area contributed by atoms with E-state index in [0.717, 1.165) is 18.6 Å². The van der Waals surface area contributed by atoms with E-state index in [1.807, 2.05) is 5.48 Å². The molecule has 0 unspecified atom stereocenters. The Kier molecular flexibility index (Phi) is 6.23. The van der Waals surface area contributed by atoms with E-state index in [1.54, 1.807) is 18.2 Å². The molecule has 154 valence electrons. The Morgan fingerprint density at radius 2 is 1.79 bits per heavy atom. The Balaban J connectivity index is 1.50. The minimum absolute atomic E-state index is 0.247. The summed E-state index contributed by atoms with van der Waals surface area (Å²) < 4.78 is 49.1. The predicted octanol–water partition coefficient (Wildman–Crippen LogP) is 3.17. The normalized spacial score (nSPS) is 13.3. The van der Waals surface area contributed by atoms with Gasteiger partial charge < -0.3 is 14.8 Å². The number of nitrogens with one attached hydrogen (secondary N) is 2. The predicted molar refractivity (Wildman–Crippen MR) is 95.5 cm³/mol. The van der Waals surface area contributed by atoms with Crippen molar-refractivity contribution >= 4 is 17.5 Å². The summed E-state index contributed by atoms with van der Waals surface area (Å²) in [6.45, 7) is 0.492. The van der Waals surface area contributed by atoms with Gasteiger partial charge in [0.2, 0.25) is 0 Å². The maximum atomic E-state index is 12.7. The van der Waals surface area contributed by atoms with Crippen LogP contribution in [-0.4, -0.2) is 31.6 Å². The van der Waals surface area contributed by atoms with Crippen LogP contribution in [0.3, 0.4) is 0 Å². The highest BCUT2D eigenvalue weighted by Gasteiger charge is 2.30. The Morgan fingerprint density at radius 3 is 2.55 bits per heavy atom. The molecule has 0 radical (unpaired) electrons. The molecule has 7 nitrogen and oxygen atoms in total. The number of alkyl halides is 3. The first-order valence-corrected chi connectivity index (χ1v) is 8.62. The number of hydrogen-bond donors (Lipinski definition) is 2. The van der Waals surface area contributed by atoms with E-state index < -0.39 is 30.2 Å². The molecule has 3 rings (SSSR count). The van der Waals surface area contributed by atoms with Gasteiger partial charge in [0.05, 0.1) is 18.8 Å². The quantitative estimate of drug-likeness (QED) is 0.740. The van der Waals surface area contributed by atoms with E-state index in [-0.39, 0.29) is 5.56 Å². The zero-order valence-corrected chi connectivity index (χ0v) is 15.0. The molecule has 0 bridgehead atoms. The van der Waals surface area contributed by atoms with Gasteiger partial charge in [-0.25, -0.2) is 5.48 Å². The highest BCUT2D eigenvalue weighted by atomic mass is 19.4. The van der Waals surface area contributed by atoms with E-state index in [9.17, 15) is 22.8 Å². The van der Waals surface area contributed by atoms with Crippen LogP contribution in [0.4, 0.5) is 18.9 Å². The first-order valence-electron chi connectivity index (χ1n) is 8.62. The van der Waals surface area contributed by atoms with Crippen molar-refractivity contribution in [2.24, 2.45) is 0 Å². The van der Waals surface area contributed by atoms with Crippen LogP contribution in [0.5, 0.6) is 11.5 Å². The van der Waals surface area contributed by atoms with Crippen molar-refractivity contribution in [3.05, 3.63) is 53.6 Å². The lowest BCUT2D eigenvalue weighted by Crippen LogP contribution is -2.29. The molecule has 0 spiro atoms. The van der Waals surface area contributed by atoms with Gasteiger partial charge in [0.25, 0.3) is 11.8 Å². The van der Waals surface area contributed by atoms with Gasteiger partial charge in [-0.2, -0.15) is 13.2 Å². The number of halogens is 3. The first kappa shape index (κ1) is 20.5. The molecule has 29 heavy (non-hydrogen) atoms. The summed E-state index contributed by atoms with van der Waals surface area (Å²) in [5.74, 6) is -0.410. The zero-order valence-electron chi connectivity index (χ0n) is 15.0. The smallest absolute Gasteiger partial charge is 0.416 e. The number of rotatable bonds is 5. The molecular formula is C19H17F3N2O5. The van der Waals surface area contributed by atoms with Gasteiger partial charge in [-0.1, -0.05) is 6.07 Å². The lowest BCUT2D eigenvalue weighted by molar-refractivity contribution is -0.137. The fourth-order valence-electron chi connectivity index (χ4n) is 2.50. The lowest BCUT2D eigenvalue weighted by Gasteiger charge is -2.11. The van der Waals surface area contributed by atoms with Gasteiger partial charge in [-0.05, 0) is 30.3 Å². The highest BCUT2D eigenvalue weighted by molar-refractivity contribution is 5.94. The third-order valence-corrected chi connectivity index (χ3v) is 3.85. The average Bonchev–Trinajstić information content (AvgIpc) is 2.92. The summed E-state index contributed by atoms with van der Waals surface area (Å²) in [7, 11) is 0. The molecule has 0 saturated carbocycles. The molecule has 2 N–H and O–H groups in total. The molecular weight excluding hydrogens is 393 g/mol. The Hall–Kier alpha value is -3.27. The second-order valence-corrected chi connectivity index (χ2v) is 6.06. The third-order valence-electron chi connectivity index (χ3n) is 3.85.